The monoisotopic (exact) mass is 590 g/mol. The molecule has 0 spiro atoms. The quantitative estimate of drug-likeness (QED) is 0.197. The molecule has 3 aromatic carbocycles. The van der Waals surface area contributed by atoms with Crippen molar-refractivity contribution in [1.29, 1.82) is 0 Å². The van der Waals surface area contributed by atoms with Gasteiger partial charge in [-0.1, -0.05) is 35.9 Å². The Balaban J connectivity index is 1.49. The van der Waals surface area contributed by atoms with Crippen LogP contribution in [-0.2, 0) is 23.5 Å². The van der Waals surface area contributed by atoms with Crippen LogP contribution < -0.4 is 9.46 Å². The SMILES string of the molecule is Cc1cc(OCCCc2c(C(=O)NS(=O)(=O)c3ccccc3)[nH]c3c(-c4cnn(C)c4)c(Cl)ccc23)cc(C)c1C. The Morgan fingerprint density at radius 3 is 2.44 bits per heavy atom. The van der Waals surface area contributed by atoms with Gasteiger partial charge >= 0.3 is 0 Å². The largest absolute Gasteiger partial charge is 0.494 e. The molecular formula is C31H31ClN4O4S. The molecule has 0 bridgehead atoms. The first-order chi connectivity index (χ1) is 19.5. The van der Waals surface area contributed by atoms with E-state index in [2.05, 4.69) is 35.6 Å². The fraction of sp³-hybridized carbons (Fsp3) is 0.226. The molecule has 2 N–H and O–H groups in total. The second kappa shape index (κ2) is 11.4. The van der Waals surface area contributed by atoms with Crippen LogP contribution in [0.3, 0.4) is 0 Å². The average Bonchev–Trinajstić information content (AvgIpc) is 3.53. The predicted octanol–water partition coefficient (Wildman–Crippen LogP) is 6.28. The highest BCUT2D eigenvalue weighted by molar-refractivity contribution is 7.90. The van der Waals surface area contributed by atoms with Crippen LogP contribution in [0, 0.1) is 20.8 Å². The van der Waals surface area contributed by atoms with Crippen LogP contribution >= 0.6 is 11.6 Å². The number of ether oxygens (including phenoxy) is 1. The van der Waals surface area contributed by atoms with E-state index in [0.717, 1.165) is 27.8 Å². The van der Waals surface area contributed by atoms with E-state index in [1.807, 2.05) is 31.4 Å². The second-order valence-corrected chi connectivity index (χ2v) is 12.2. The number of carbonyl (C=O) groups is 1. The first-order valence-electron chi connectivity index (χ1n) is 13.2. The van der Waals surface area contributed by atoms with Crippen LogP contribution in [0.15, 0.2) is 71.9 Å². The molecule has 2 aromatic heterocycles. The minimum absolute atomic E-state index is 0.00203. The fourth-order valence-electron chi connectivity index (χ4n) is 4.93. The van der Waals surface area contributed by atoms with Gasteiger partial charge in [-0.3, -0.25) is 9.48 Å². The highest BCUT2D eigenvalue weighted by Crippen LogP contribution is 2.37. The zero-order valence-electron chi connectivity index (χ0n) is 23.3. The molecule has 0 saturated carbocycles. The number of aromatic amines is 1. The number of aromatic nitrogens is 3. The summed E-state index contributed by atoms with van der Waals surface area (Å²) < 4.78 is 35.9. The van der Waals surface area contributed by atoms with Gasteiger partial charge in [0.25, 0.3) is 15.9 Å². The van der Waals surface area contributed by atoms with E-state index in [1.165, 1.54) is 17.7 Å². The Morgan fingerprint density at radius 1 is 1.07 bits per heavy atom. The van der Waals surface area contributed by atoms with Crippen molar-refractivity contribution < 1.29 is 17.9 Å². The minimum Gasteiger partial charge on any atom is -0.494 e. The lowest BCUT2D eigenvalue weighted by molar-refractivity contribution is 0.0976. The summed E-state index contributed by atoms with van der Waals surface area (Å²) in [5.74, 6) is 0.0427. The molecule has 0 saturated heterocycles. The number of nitrogens with one attached hydrogen (secondary N) is 2. The van der Waals surface area contributed by atoms with Gasteiger partial charge in [-0.25, -0.2) is 13.1 Å². The molecule has 0 aliphatic rings. The van der Waals surface area contributed by atoms with Gasteiger partial charge in [-0.05, 0) is 86.2 Å². The molecule has 5 rings (SSSR count). The number of fused-ring (bicyclic) bond motifs is 1. The van der Waals surface area contributed by atoms with Gasteiger partial charge in [0, 0.05) is 29.8 Å². The van der Waals surface area contributed by atoms with Crippen molar-refractivity contribution in [1.82, 2.24) is 19.5 Å². The van der Waals surface area contributed by atoms with Crippen molar-refractivity contribution in [2.24, 2.45) is 7.05 Å². The van der Waals surface area contributed by atoms with Gasteiger partial charge in [0.15, 0.2) is 0 Å². The summed E-state index contributed by atoms with van der Waals surface area (Å²) in [6.07, 6.45) is 4.59. The molecule has 8 nitrogen and oxygen atoms in total. The summed E-state index contributed by atoms with van der Waals surface area (Å²) in [7, 11) is -2.28. The molecule has 10 heteroatoms. The molecule has 0 unspecified atom stereocenters. The van der Waals surface area contributed by atoms with E-state index < -0.39 is 15.9 Å². The number of hydrogen-bond donors (Lipinski definition) is 2. The molecule has 0 atom stereocenters. The lowest BCUT2D eigenvalue weighted by atomic mass is 10.0. The summed E-state index contributed by atoms with van der Waals surface area (Å²) in [5.41, 5.74) is 6.49. The normalized spacial score (nSPS) is 11.6. The molecule has 2 heterocycles. The van der Waals surface area contributed by atoms with E-state index in [4.69, 9.17) is 16.3 Å². The van der Waals surface area contributed by atoms with E-state index in [9.17, 15) is 13.2 Å². The summed E-state index contributed by atoms with van der Waals surface area (Å²) in [5, 5.41) is 5.52. The third kappa shape index (κ3) is 5.87. The maximum atomic E-state index is 13.5. The standard InChI is InChI=1S/C31H31ClN4O4S/c1-19-15-23(16-20(2)21(19)3)40-14-8-11-25-26-12-13-27(32)28(22-17-33-36(4)18-22)29(26)34-30(25)31(37)35-41(38,39)24-9-6-5-7-10-24/h5-7,9-10,12-13,15-18,34H,8,11,14H2,1-4H3,(H,35,37). The molecule has 1 amide bonds. The first kappa shape index (κ1) is 28.4. The number of benzene rings is 3. The fourth-order valence-corrected chi connectivity index (χ4v) is 6.18. The molecule has 0 radical (unpaired) electrons. The lowest BCUT2D eigenvalue weighted by Crippen LogP contribution is -2.31. The van der Waals surface area contributed by atoms with Gasteiger partial charge in [0.2, 0.25) is 0 Å². The maximum Gasteiger partial charge on any atom is 0.281 e. The van der Waals surface area contributed by atoms with Crippen molar-refractivity contribution in [2.75, 3.05) is 6.61 Å². The van der Waals surface area contributed by atoms with Gasteiger partial charge < -0.3 is 9.72 Å². The Bertz CT molecular complexity index is 1840. The number of halogens is 1. The number of aryl methyl sites for hydroxylation is 4. The predicted molar refractivity (Wildman–Crippen MR) is 161 cm³/mol. The molecule has 0 aliphatic carbocycles. The number of rotatable bonds is 9. The molecule has 0 fully saturated rings. The van der Waals surface area contributed by atoms with E-state index >= 15 is 0 Å². The van der Waals surface area contributed by atoms with Gasteiger partial charge in [0.1, 0.15) is 11.4 Å². The third-order valence-electron chi connectivity index (χ3n) is 7.27. The van der Waals surface area contributed by atoms with Crippen LogP contribution in [0.5, 0.6) is 5.75 Å². The molecule has 5 aromatic rings. The number of amides is 1. The van der Waals surface area contributed by atoms with E-state index in [1.54, 1.807) is 35.1 Å². The van der Waals surface area contributed by atoms with Crippen molar-refractivity contribution in [3.05, 3.63) is 100.0 Å². The van der Waals surface area contributed by atoms with Gasteiger partial charge in [0.05, 0.1) is 28.2 Å². The number of H-pyrrole nitrogens is 1. The zero-order valence-corrected chi connectivity index (χ0v) is 24.9. The highest BCUT2D eigenvalue weighted by atomic mass is 35.5. The summed E-state index contributed by atoms with van der Waals surface area (Å²) in [6.45, 7) is 6.62. The smallest absolute Gasteiger partial charge is 0.281 e. The van der Waals surface area contributed by atoms with E-state index in [0.29, 0.717) is 41.1 Å². The second-order valence-electron chi connectivity index (χ2n) is 10.1. The Kier molecular flexibility index (Phi) is 7.93. The number of carbonyl (C=O) groups excluding carboxylic acids is 1. The Morgan fingerprint density at radius 2 is 1.78 bits per heavy atom. The minimum atomic E-state index is -4.09. The van der Waals surface area contributed by atoms with Crippen LogP contribution in [0.25, 0.3) is 22.0 Å². The molecule has 212 valence electrons. The zero-order chi connectivity index (χ0) is 29.3. The third-order valence-corrected chi connectivity index (χ3v) is 8.93. The first-order valence-corrected chi connectivity index (χ1v) is 15.1. The summed E-state index contributed by atoms with van der Waals surface area (Å²) in [6, 6.07) is 15.5. The van der Waals surface area contributed by atoms with Gasteiger partial charge in [-0.2, -0.15) is 5.10 Å². The Labute approximate surface area is 244 Å². The topological polar surface area (TPSA) is 106 Å². The molecular weight excluding hydrogens is 560 g/mol. The number of sulfonamides is 1. The van der Waals surface area contributed by atoms with Crippen molar-refractivity contribution in [2.45, 2.75) is 38.5 Å². The van der Waals surface area contributed by atoms with Crippen molar-refractivity contribution in [3.8, 4) is 16.9 Å². The summed E-state index contributed by atoms with van der Waals surface area (Å²) in [4.78, 5) is 16.7. The van der Waals surface area contributed by atoms with E-state index in [-0.39, 0.29) is 10.6 Å². The van der Waals surface area contributed by atoms with Crippen LogP contribution in [0.1, 0.15) is 39.2 Å². The van der Waals surface area contributed by atoms with Crippen LogP contribution in [0.4, 0.5) is 0 Å². The lowest BCUT2D eigenvalue weighted by Gasteiger charge is -2.11. The van der Waals surface area contributed by atoms with Crippen molar-refractivity contribution in [3.63, 3.8) is 0 Å². The van der Waals surface area contributed by atoms with Gasteiger partial charge in [-0.15, -0.1) is 0 Å². The highest BCUT2D eigenvalue weighted by Gasteiger charge is 2.25. The summed E-state index contributed by atoms with van der Waals surface area (Å²) >= 11 is 6.63. The Hall–Kier alpha value is -4.08. The number of nitrogens with zero attached hydrogens (tertiary/aromatic N) is 2. The van der Waals surface area contributed by atoms with Crippen molar-refractivity contribution >= 4 is 38.4 Å². The molecule has 41 heavy (non-hydrogen) atoms. The maximum absolute atomic E-state index is 13.5. The number of hydrogen-bond acceptors (Lipinski definition) is 5. The van der Waals surface area contributed by atoms with Crippen LogP contribution in [-0.4, -0.2) is 35.7 Å². The average molecular weight is 591 g/mol. The molecule has 0 aliphatic heterocycles. The van der Waals surface area contributed by atoms with Crippen LogP contribution in [0.2, 0.25) is 5.02 Å².